The van der Waals surface area contributed by atoms with Gasteiger partial charge in [-0.3, -0.25) is 9.59 Å². The van der Waals surface area contributed by atoms with Crippen molar-refractivity contribution in [2.75, 3.05) is 6.54 Å². The van der Waals surface area contributed by atoms with Gasteiger partial charge in [0.25, 0.3) is 5.56 Å². The van der Waals surface area contributed by atoms with Gasteiger partial charge in [0.15, 0.2) is 0 Å². The van der Waals surface area contributed by atoms with Crippen molar-refractivity contribution < 1.29 is 4.79 Å². The number of nitrogens with zero attached hydrogens (tertiary/aromatic N) is 2. The Labute approximate surface area is 145 Å². The largest absolute Gasteiger partial charge is 0.338 e. The number of carbonyl (C=O) groups is 1. The molecule has 1 aliphatic heterocycles. The highest BCUT2D eigenvalue weighted by Gasteiger charge is 2.35. The number of amides is 1. The lowest BCUT2D eigenvalue weighted by molar-refractivity contribution is -0.138. The molecule has 0 bridgehead atoms. The second kappa shape index (κ2) is 6.72. The van der Waals surface area contributed by atoms with Gasteiger partial charge < -0.3 is 9.47 Å². The van der Waals surface area contributed by atoms with E-state index in [4.69, 9.17) is 0 Å². The van der Waals surface area contributed by atoms with E-state index in [9.17, 15) is 9.59 Å². The number of rotatable bonds is 2. The second-order valence-corrected chi connectivity index (χ2v) is 7.69. The molecule has 2 heterocycles. The SMILES string of the molecule is Cc1c(I)ccc(=O)n1CC(=O)N1CCC[C@@H]2CCCC[C@@H]21. The zero-order valence-corrected chi connectivity index (χ0v) is 15.2. The van der Waals surface area contributed by atoms with Gasteiger partial charge in [0.1, 0.15) is 6.54 Å². The van der Waals surface area contributed by atoms with E-state index in [0.29, 0.717) is 12.0 Å². The van der Waals surface area contributed by atoms with Crippen LogP contribution in [0.2, 0.25) is 0 Å². The minimum absolute atomic E-state index is 0.0801. The molecule has 0 spiro atoms. The monoisotopic (exact) mass is 414 g/mol. The third kappa shape index (κ3) is 3.09. The molecule has 1 aromatic rings. The first kappa shape index (κ1) is 16.0. The maximum absolute atomic E-state index is 12.8. The highest BCUT2D eigenvalue weighted by molar-refractivity contribution is 14.1. The van der Waals surface area contributed by atoms with Crippen LogP contribution in [0.1, 0.15) is 44.2 Å². The molecule has 0 unspecified atom stereocenters. The molecule has 120 valence electrons. The van der Waals surface area contributed by atoms with Crippen molar-refractivity contribution in [3.8, 4) is 0 Å². The molecule has 2 aliphatic rings. The Bertz CT molecular complexity index is 624. The molecule has 5 heteroatoms. The minimum Gasteiger partial charge on any atom is -0.338 e. The Morgan fingerprint density at radius 3 is 2.77 bits per heavy atom. The first-order valence-corrected chi connectivity index (χ1v) is 9.31. The van der Waals surface area contributed by atoms with Gasteiger partial charge in [0, 0.05) is 27.9 Å². The van der Waals surface area contributed by atoms with E-state index in [1.807, 2.05) is 13.0 Å². The van der Waals surface area contributed by atoms with Gasteiger partial charge in [-0.2, -0.15) is 0 Å². The van der Waals surface area contributed by atoms with Gasteiger partial charge in [-0.15, -0.1) is 0 Å². The second-order valence-electron chi connectivity index (χ2n) is 6.53. The molecule has 1 aliphatic carbocycles. The summed E-state index contributed by atoms with van der Waals surface area (Å²) in [5.74, 6) is 0.795. The number of aromatic nitrogens is 1. The van der Waals surface area contributed by atoms with E-state index in [0.717, 1.165) is 28.7 Å². The Morgan fingerprint density at radius 1 is 1.23 bits per heavy atom. The molecule has 3 rings (SSSR count). The normalized spacial score (nSPS) is 24.9. The van der Waals surface area contributed by atoms with Crippen LogP contribution in [0.5, 0.6) is 0 Å². The number of likely N-dealkylation sites (tertiary alicyclic amines) is 1. The molecule has 4 nitrogen and oxygen atoms in total. The van der Waals surface area contributed by atoms with Crippen LogP contribution in [0.3, 0.4) is 0 Å². The molecule has 0 aromatic carbocycles. The molecule has 1 aromatic heterocycles. The molecule has 1 saturated carbocycles. The number of piperidine rings is 1. The Morgan fingerprint density at radius 2 is 1.95 bits per heavy atom. The fourth-order valence-electron chi connectivity index (χ4n) is 4.01. The average Bonchev–Trinajstić information content (AvgIpc) is 2.54. The molecule has 0 radical (unpaired) electrons. The lowest BCUT2D eigenvalue weighted by Gasteiger charge is -2.44. The van der Waals surface area contributed by atoms with E-state index in [-0.39, 0.29) is 18.0 Å². The Kier molecular flexibility index (Phi) is 4.90. The Balaban J connectivity index is 1.79. The van der Waals surface area contributed by atoms with Gasteiger partial charge in [-0.25, -0.2) is 0 Å². The molecule has 22 heavy (non-hydrogen) atoms. The molecule has 2 atom stereocenters. The minimum atomic E-state index is -0.0801. The van der Waals surface area contributed by atoms with Crippen LogP contribution < -0.4 is 5.56 Å². The van der Waals surface area contributed by atoms with Crippen molar-refractivity contribution in [3.63, 3.8) is 0 Å². The number of fused-ring (bicyclic) bond motifs is 1. The number of halogens is 1. The van der Waals surface area contributed by atoms with E-state index < -0.39 is 0 Å². The summed E-state index contributed by atoms with van der Waals surface area (Å²) >= 11 is 2.21. The van der Waals surface area contributed by atoms with Crippen molar-refractivity contribution in [1.82, 2.24) is 9.47 Å². The zero-order chi connectivity index (χ0) is 15.7. The van der Waals surface area contributed by atoms with Crippen LogP contribution in [0.4, 0.5) is 0 Å². The predicted octanol–water partition coefficient (Wildman–Crippen LogP) is 2.94. The summed E-state index contributed by atoms with van der Waals surface area (Å²) in [6, 6.07) is 3.78. The molecule has 1 amide bonds. The van der Waals surface area contributed by atoms with E-state index in [1.165, 1.54) is 25.7 Å². The number of hydrogen-bond acceptors (Lipinski definition) is 2. The van der Waals surface area contributed by atoms with E-state index in [1.54, 1.807) is 10.6 Å². The van der Waals surface area contributed by atoms with Crippen molar-refractivity contribution in [2.45, 2.75) is 58.0 Å². The fourth-order valence-corrected chi connectivity index (χ4v) is 4.48. The topological polar surface area (TPSA) is 42.3 Å². The lowest BCUT2D eigenvalue weighted by atomic mass is 9.78. The molecule has 1 saturated heterocycles. The summed E-state index contributed by atoms with van der Waals surface area (Å²) in [4.78, 5) is 27.0. The molecular formula is C17H23IN2O2. The van der Waals surface area contributed by atoms with Crippen LogP contribution in [0, 0.1) is 16.4 Å². The highest BCUT2D eigenvalue weighted by atomic mass is 127. The quantitative estimate of drug-likeness (QED) is 0.699. The van der Waals surface area contributed by atoms with Gasteiger partial charge >= 0.3 is 0 Å². The lowest BCUT2D eigenvalue weighted by Crippen LogP contribution is -2.51. The zero-order valence-electron chi connectivity index (χ0n) is 13.1. The van der Waals surface area contributed by atoms with Crippen LogP contribution in [0.15, 0.2) is 16.9 Å². The summed E-state index contributed by atoms with van der Waals surface area (Å²) in [5, 5.41) is 0. The average molecular weight is 414 g/mol. The number of pyridine rings is 1. The van der Waals surface area contributed by atoms with E-state index >= 15 is 0 Å². The smallest absolute Gasteiger partial charge is 0.251 e. The number of hydrogen-bond donors (Lipinski definition) is 0. The molecule has 0 N–H and O–H groups in total. The van der Waals surface area contributed by atoms with Crippen molar-refractivity contribution in [3.05, 3.63) is 31.8 Å². The number of carbonyl (C=O) groups excluding carboxylic acids is 1. The molecular weight excluding hydrogens is 391 g/mol. The fraction of sp³-hybridized carbons (Fsp3) is 0.647. The summed E-state index contributed by atoms with van der Waals surface area (Å²) in [6.45, 7) is 2.96. The first-order valence-electron chi connectivity index (χ1n) is 8.23. The van der Waals surface area contributed by atoms with Crippen molar-refractivity contribution >= 4 is 28.5 Å². The van der Waals surface area contributed by atoms with Gasteiger partial charge in [0.2, 0.25) is 5.91 Å². The third-order valence-electron chi connectivity index (χ3n) is 5.25. The van der Waals surface area contributed by atoms with E-state index in [2.05, 4.69) is 27.5 Å². The van der Waals surface area contributed by atoms with Crippen LogP contribution in [-0.4, -0.2) is 28.0 Å². The van der Waals surface area contributed by atoms with Crippen molar-refractivity contribution in [2.24, 2.45) is 5.92 Å². The van der Waals surface area contributed by atoms with Gasteiger partial charge in [0.05, 0.1) is 0 Å². The standard InChI is InChI=1S/C17H23IN2O2/c1-12-14(18)8-9-16(21)20(12)11-17(22)19-10-4-6-13-5-2-3-7-15(13)19/h8-9,13,15H,2-7,10-11H2,1H3/t13-,15-/m0/s1. The summed E-state index contributed by atoms with van der Waals surface area (Å²) in [5.41, 5.74) is 0.808. The van der Waals surface area contributed by atoms with Crippen molar-refractivity contribution in [1.29, 1.82) is 0 Å². The first-order chi connectivity index (χ1) is 10.6. The maximum atomic E-state index is 12.8. The maximum Gasteiger partial charge on any atom is 0.251 e. The van der Waals surface area contributed by atoms with Gasteiger partial charge in [-0.05, 0) is 67.2 Å². The summed E-state index contributed by atoms with van der Waals surface area (Å²) < 4.78 is 2.65. The van der Waals surface area contributed by atoms with Crippen LogP contribution in [0.25, 0.3) is 0 Å². The summed E-state index contributed by atoms with van der Waals surface area (Å²) in [7, 11) is 0. The van der Waals surface area contributed by atoms with Crippen LogP contribution >= 0.6 is 22.6 Å². The highest BCUT2D eigenvalue weighted by Crippen LogP contribution is 2.35. The predicted molar refractivity (Wildman–Crippen MR) is 94.8 cm³/mol. The third-order valence-corrected chi connectivity index (χ3v) is 6.39. The van der Waals surface area contributed by atoms with Crippen LogP contribution in [-0.2, 0) is 11.3 Å². The molecule has 2 fully saturated rings. The Hall–Kier alpha value is -0.850. The van der Waals surface area contributed by atoms with Gasteiger partial charge in [-0.1, -0.05) is 12.8 Å². The summed E-state index contributed by atoms with van der Waals surface area (Å²) in [6.07, 6.45) is 7.29.